The zero-order valence-electron chi connectivity index (χ0n) is 24.0. The number of thiazole rings is 1. The van der Waals surface area contributed by atoms with Gasteiger partial charge in [-0.1, -0.05) is 24.6 Å². The molecule has 4 aromatic rings. The Morgan fingerprint density at radius 2 is 1.77 bits per heavy atom. The van der Waals surface area contributed by atoms with E-state index < -0.39 is 23.1 Å². The van der Waals surface area contributed by atoms with E-state index in [0.717, 1.165) is 54.5 Å². The third-order valence-corrected chi connectivity index (χ3v) is 8.15. The summed E-state index contributed by atoms with van der Waals surface area (Å²) in [6.07, 6.45) is 1.53. The highest BCUT2D eigenvalue weighted by atomic mass is 32.1. The molecule has 0 atom stereocenters. The van der Waals surface area contributed by atoms with Gasteiger partial charge in [-0.3, -0.25) is 19.1 Å². The lowest BCUT2D eigenvalue weighted by Crippen LogP contribution is -2.37. The van der Waals surface area contributed by atoms with Crippen molar-refractivity contribution in [3.8, 4) is 27.5 Å². The number of carbonyl (C=O) groups is 1. The molecular weight excluding hydrogens is 580 g/mol. The van der Waals surface area contributed by atoms with E-state index in [1.54, 1.807) is 16.4 Å². The fourth-order valence-electron chi connectivity index (χ4n) is 5.16. The van der Waals surface area contributed by atoms with Gasteiger partial charge in [0.25, 0.3) is 11.5 Å². The van der Waals surface area contributed by atoms with Gasteiger partial charge in [0.1, 0.15) is 10.8 Å². The van der Waals surface area contributed by atoms with Crippen LogP contribution in [0.4, 0.5) is 17.6 Å². The van der Waals surface area contributed by atoms with E-state index in [1.807, 2.05) is 20.8 Å². The molecule has 1 aliphatic rings. The number of likely N-dealkylation sites (tertiary alicyclic amines) is 1. The van der Waals surface area contributed by atoms with E-state index in [1.165, 1.54) is 28.8 Å². The highest BCUT2D eigenvalue weighted by Gasteiger charge is 2.30. The van der Waals surface area contributed by atoms with Gasteiger partial charge < -0.3 is 4.90 Å². The third kappa shape index (κ3) is 6.31. The molecule has 1 saturated heterocycles. The molecule has 0 saturated carbocycles. The Hall–Kier alpha value is -4.12. The zero-order valence-corrected chi connectivity index (χ0v) is 24.8. The van der Waals surface area contributed by atoms with Gasteiger partial charge in [0.2, 0.25) is 0 Å². The van der Waals surface area contributed by atoms with Crippen LogP contribution in [0, 0.1) is 5.82 Å². The van der Waals surface area contributed by atoms with Crippen LogP contribution in [-0.2, 0) is 12.6 Å². The van der Waals surface area contributed by atoms with Gasteiger partial charge in [-0.05, 0) is 63.8 Å². The number of hydrogen-bond acceptors (Lipinski definition) is 5. The maximum atomic E-state index is 14.6. The van der Waals surface area contributed by atoms with E-state index in [9.17, 15) is 27.2 Å². The lowest BCUT2D eigenvalue weighted by Gasteiger charge is -2.28. The Bertz CT molecular complexity index is 1750. The van der Waals surface area contributed by atoms with Gasteiger partial charge in [0.15, 0.2) is 0 Å². The van der Waals surface area contributed by atoms with Gasteiger partial charge in [-0.25, -0.2) is 9.37 Å². The predicted octanol–water partition coefficient (Wildman–Crippen LogP) is 7.79. The second-order valence-corrected chi connectivity index (χ2v) is 11.5. The fourth-order valence-corrected chi connectivity index (χ4v) is 6.00. The number of aryl methyl sites for hydroxylation is 1. The first kappa shape index (κ1) is 30.3. The highest BCUT2D eigenvalue weighted by Crippen LogP contribution is 2.33. The molecule has 11 heteroatoms. The summed E-state index contributed by atoms with van der Waals surface area (Å²) in [6.45, 7) is 6.70. The van der Waals surface area contributed by atoms with Crippen LogP contribution in [0.3, 0.4) is 0 Å². The number of rotatable bonds is 6. The molecule has 0 aliphatic carbocycles. The molecule has 5 rings (SSSR count). The smallest absolute Gasteiger partial charge is 0.339 e. The number of alkyl halides is 3. The molecule has 43 heavy (non-hydrogen) atoms. The van der Waals surface area contributed by atoms with Gasteiger partial charge in [0, 0.05) is 30.1 Å². The van der Waals surface area contributed by atoms with E-state index in [-0.39, 0.29) is 27.7 Å². The molecule has 224 valence electrons. The predicted molar refractivity (Wildman–Crippen MR) is 160 cm³/mol. The molecule has 0 unspecified atom stereocenters. The first-order chi connectivity index (χ1) is 20.5. The number of halogens is 4. The van der Waals surface area contributed by atoms with E-state index >= 15 is 0 Å². The summed E-state index contributed by atoms with van der Waals surface area (Å²) in [6, 6.07) is 7.40. The normalized spacial score (nSPS) is 13.7. The van der Waals surface area contributed by atoms with Gasteiger partial charge in [-0.2, -0.15) is 13.2 Å². The Morgan fingerprint density at radius 3 is 2.40 bits per heavy atom. The number of benzene rings is 1. The average Bonchev–Trinajstić information content (AvgIpc) is 3.47. The number of aromatic nitrogens is 3. The van der Waals surface area contributed by atoms with Crippen LogP contribution in [0.25, 0.3) is 33.6 Å². The molecule has 0 radical (unpaired) electrons. The van der Waals surface area contributed by atoms with Gasteiger partial charge in [-0.15, -0.1) is 11.3 Å². The zero-order chi connectivity index (χ0) is 30.9. The molecule has 0 bridgehead atoms. The average molecular weight is 611 g/mol. The second kappa shape index (κ2) is 12.2. The van der Waals surface area contributed by atoms with Gasteiger partial charge in [0.05, 0.1) is 45.7 Å². The number of allylic oxidation sites excluding steroid dienone is 1. The summed E-state index contributed by atoms with van der Waals surface area (Å²) in [4.78, 5) is 38.9. The van der Waals surface area contributed by atoms with E-state index in [0.29, 0.717) is 42.2 Å². The third-order valence-electron chi connectivity index (χ3n) is 7.27. The van der Waals surface area contributed by atoms with Crippen molar-refractivity contribution in [1.82, 2.24) is 19.4 Å². The summed E-state index contributed by atoms with van der Waals surface area (Å²) in [5.74, 6) is -0.875. The quantitative estimate of drug-likeness (QED) is 0.209. The minimum absolute atomic E-state index is 0.126. The number of piperidine rings is 1. The summed E-state index contributed by atoms with van der Waals surface area (Å²) in [7, 11) is 0. The van der Waals surface area contributed by atoms with Crippen LogP contribution in [-0.4, -0.2) is 38.4 Å². The molecule has 1 amide bonds. The van der Waals surface area contributed by atoms with Crippen molar-refractivity contribution in [2.24, 2.45) is 0 Å². The summed E-state index contributed by atoms with van der Waals surface area (Å²) < 4.78 is 55.2. The fraction of sp³-hybridized carbons (Fsp3) is 0.312. The van der Waals surface area contributed by atoms with Crippen LogP contribution in [0.2, 0.25) is 0 Å². The Morgan fingerprint density at radius 1 is 1.07 bits per heavy atom. The Balaban J connectivity index is 1.74. The summed E-state index contributed by atoms with van der Waals surface area (Å²) >= 11 is 1.14. The van der Waals surface area contributed by atoms with Crippen molar-refractivity contribution >= 4 is 23.3 Å². The largest absolute Gasteiger partial charge is 0.416 e. The number of pyridine rings is 2. The Labute approximate surface area is 250 Å². The maximum Gasteiger partial charge on any atom is 0.416 e. The van der Waals surface area contributed by atoms with Crippen LogP contribution in [0.5, 0.6) is 0 Å². The molecule has 4 heterocycles. The maximum absolute atomic E-state index is 14.6. The van der Waals surface area contributed by atoms with Crippen LogP contribution in [0.1, 0.15) is 67.3 Å². The molecule has 1 aromatic carbocycles. The number of amides is 1. The minimum atomic E-state index is -4.47. The van der Waals surface area contributed by atoms with Crippen molar-refractivity contribution in [3.05, 3.63) is 92.2 Å². The van der Waals surface area contributed by atoms with Crippen LogP contribution in [0.15, 0.2) is 58.3 Å². The number of hydrogen-bond donors (Lipinski definition) is 0. The second-order valence-electron chi connectivity index (χ2n) is 10.7. The molecule has 0 spiro atoms. The summed E-state index contributed by atoms with van der Waals surface area (Å²) in [5, 5.41) is 1.94. The Kier molecular flexibility index (Phi) is 8.64. The highest BCUT2D eigenvalue weighted by molar-refractivity contribution is 7.13. The number of nitrogens with zero attached hydrogens (tertiary/aromatic N) is 4. The van der Waals surface area contributed by atoms with Crippen molar-refractivity contribution in [3.63, 3.8) is 0 Å². The molecule has 3 aromatic heterocycles. The lowest BCUT2D eigenvalue weighted by atomic mass is 10.0. The SMILES string of the molecule is CCc1ncc(F)cc1-n1c(C=C(C)C)c(C(=O)N2CCCCC2)cc(-c2nc(-c3ccc(C(F)(F)F)cc3)cs2)c1=O. The van der Waals surface area contributed by atoms with Crippen molar-refractivity contribution in [1.29, 1.82) is 0 Å². The molecule has 0 N–H and O–H groups in total. The standard InChI is InChI=1S/C32H30F4N4O2S/c1-4-25-28(15-22(33)17-37-25)40-27(14-19(2)3)23(30(41)39-12-6-5-7-13-39)16-24(31(40)42)29-38-26(18-43-29)20-8-10-21(11-9-20)32(34,35)36/h8-11,14-18H,4-7,12-13H2,1-3H3. The minimum Gasteiger partial charge on any atom is -0.339 e. The molecular formula is C32H30F4N4O2S. The topological polar surface area (TPSA) is 68.1 Å². The van der Waals surface area contributed by atoms with Crippen LogP contribution < -0.4 is 5.56 Å². The van der Waals surface area contributed by atoms with Gasteiger partial charge >= 0.3 is 6.18 Å². The van der Waals surface area contributed by atoms with Crippen molar-refractivity contribution < 1.29 is 22.4 Å². The first-order valence-electron chi connectivity index (χ1n) is 14.0. The summed E-state index contributed by atoms with van der Waals surface area (Å²) in [5.41, 5.74) is 1.80. The van der Waals surface area contributed by atoms with E-state index in [4.69, 9.17) is 0 Å². The molecule has 1 aliphatic heterocycles. The van der Waals surface area contributed by atoms with E-state index in [2.05, 4.69) is 9.97 Å². The lowest BCUT2D eigenvalue weighted by molar-refractivity contribution is -0.137. The number of carbonyl (C=O) groups excluding carboxylic acids is 1. The van der Waals surface area contributed by atoms with Crippen molar-refractivity contribution in [2.45, 2.75) is 52.6 Å². The van der Waals surface area contributed by atoms with Crippen LogP contribution >= 0.6 is 11.3 Å². The molecule has 6 nitrogen and oxygen atoms in total. The monoisotopic (exact) mass is 610 g/mol. The first-order valence-corrected chi connectivity index (χ1v) is 14.9. The molecule has 1 fully saturated rings. The van der Waals surface area contributed by atoms with Crippen molar-refractivity contribution in [2.75, 3.05) is 13.1 Å².